The molecule has 1 atom stereocenters. The highest BCUT2D eigenvalue weighted by atomic mass is 15.1. The van der Waals surface area contributed by atoms with Gasteiger partial charge in [0.15, 0.2) is 0 Å². The smallest absolute Gasteiger partial charge is 0.0107 e. The summed E-state index contributed by atoms with van der Waals surface area (Å²) in [6.45, 7) is 11.9. The molecule has 1 heterocycles. The topological polar surface area (TPSA) is 15.3 Å². The van der Waals surface area contributed by atoms with Gasteiger partial charge >= 0.3 is 0 Å². The Labute approximate surface area is 95.4 Å². The summed E-state index contributed by atoms with van der Waals surface area (Å²) >= 11 is 0. The van der Waals surface area contributed by atoms with E-state index in [2.05, 4.69) is 31.0 Å². The second-order valence-electron chi connectivity index (χ2n) is 5.12. The Balaban J connectivity index is 2.08. The molecule has 0 saturated carbocycles. The number of piperidine rings is 1. The van der Waals surface area contributed by atoms with Gasteiger partial charge in [0.25, 0.3) is 0 Å². The minimum atomic E-state index is 0.704. The molecule has 1 saturated heterocycles. The average molecular weight is 212 g/mol. The van der Waals surface area contributed by atoms with Gasteiger partial charge in [-0.2, -0.15) is 0 Å². The molecular formula is C13H28N2. The third-order valence-electron chi connectivity index (χ3n) is 3.53. The van der Waals surface area contributed by atoms with Crippen LogP contribution in [-0.4, -0.2) is 37.1 Å². The van der Waals surface area contributed by atoms with Crippen molar-refractivity contribution in [3.8, 4) is 0 Å². The van der Waals surface area contributed by atoms with E-state index in [9.17, 15) is 0 Å². The summed E-state index contributed by atoms with van der Waals surface area (Å²) in [7, 11) is 0. The molecule has 1 aliphatic heterocycles. The molecule has 0 spiro atoms. The monoisotopic (exact) mass is 212 g/mol. The molecule has 1 aliphatic rings. The van der Waals surface area contributed by atoms with Crippen LogP contribution >= 0.6 is 0 Å². The summed E-state index contributed by atoms with van der Waals surface area (Å²) in [4.78, 5) is 2.60. The minimum Gasteiger partial charge on any atom is -0.312 e. The van der Waals surface area contributed by atoms with Crippen LogP contribution in [0.15, 0.2) is 0 Å². The number of nitrogens with zero attached hydrogens (tertiary/aromatic N) is 1. The van der Waals surface area contributed by atoms with Crippen LogP contribution in [0.3, 0.4) is 0 Å². The maximum atomic E-state index is 3.67. The van der Waals surface area contributed by atoms with Crippen molar-refractivity contribution in [3.05, 3.63) is 0 Å². The van der Waals surface area contributed by atoms with E-state index in [0.717, 1.165) is 12.5 Å². The van der Waals surface area contributed by atoms with E-state index in [0.29, 0.717) is 6.04 Å². The van der Waals surface area contributed by atoms with E-state index >= 15 is 0 Å². The second-order valence-corrected chi connectivity index (χ2v) is 5.12. The molecule has 2 nitrogen and oxygen atoms in total. The Morgan fingerprint density at radius 3 is 2.33 bits per heavy atom. The first-order chi connectivity index (χ1) is 7.24. The largest absolute Gasteiger partial charge is 0.312 e. The van der Waals surface area contributed by atoms with Crippen molar-refractivity contribution < 1.29 is 0 Å². The van der Waals surface area contributed by atoms with Gasteiger partial charge in [0.05, 0.1) is 0 Å². The van der Waals surface area contributed by atoms with Crippen molar-refractivity contribution in [1.29, 1.82) is 0 Å². The molecule has 0 aromatic rings. The molecule has 1 fully saturated rings. The third kappa shape index (κ3) is 4.98. The van der Waals surface area contributed by atoms with E-state index in [-0.39, 0.29) is 0 Å². The number of nitrogens with one attached hydrogen (secondary N) is 1. The van der Waals surface area contributed by atoms with Crippen molar-refractivity contribution in [2.75, 3.05) is 26.2 Å². The van der Waals surface area contributed by atoms with E-state index in [1.54, 1.807) is 0 Å². The van der Waals surface area contributed by atoms with Gasteiger partial charge in [-0.05, 0) is 38.3 Å². The second kappa shape index (κ2) is 7.24. The first-order valence-electron chi connectivity index (χ1n) is 6.69. The van der Waals surface area contributed by atoms with Crippen LogP contribution in [0.1, 0.15) is 46.5 Å². The van der Waals surface area contributed by atoms with Gasteiger partial charge in [0.1, 0.15) is 0 Å². The Morgan fingerprint density at radius 1 is 1.13 bits per heavy atom. The predicted molar refractivity (Wildman–Crippen MR) is 67.2 cm³/mol. The highest BCUT2D eigenvalue weighted by molar-refractivity contribution is 4.71. The summed E-state index contributed by atoms with van der Waals surface area (Å²) < 4.78 is 0. The maximum absolute atomic E-state index is 3.67. The molecule has 0 bridgehead atoms. The first-order valence-corrected chi connectivity index (χ1v) is 6.69. The molecule has 0 amide bonds. The number of hydrogen-bond donors (Lipinski definition) is 1. The van der Waals surface area contributed by atoms with Crippen LogP contribution in [0.5, 0.6) is 0 Å². The minimum absolute atomic E-state index is 0.704. The van der Waals surface area contributed by atoms with Crippen molar-refractivity contribution in [2.24, 2.45) is 5.92 Å². The first kappa shape index (κ1) is 13.0. The zero-order valence-electron chi connectivity index (χ0n) is 10.8. The molecule has 1 N–H and O–H groups in total. The lowest BCUT2D eigenvalue weighted by molar-refractivity contribution is 0.222. The number of rotatable bonds is 6. The summed E-state index contributed by atoms with van der Waals surface area (Å²) in [5, 5.41) is 3.67. The van der Waals surface area contributed by atoms with Gasteiger partial charge in [-0.25, -0.2) is 0 Å². The maximum Gasteiger partial charge on any atom is 0.0107 e. The zero-order valence-corrected chi connectivity index (χ0v) is 10.8. The number of likely N-dealkylation sites (tertiary alicyclic amines) is 1. The Hall–Kier alpha value is -0.0800. The van der Waals surface area contributed by atoms with Crippen molar-refractivity contribution in [2.45, 2.75) is 52.5 Å². The lowest BCUT2D eigenvalue weighted by Crippen LogP contribution is -2.40. The van der Waals surface area contributed by atoms with Crippen LogP contribution in [0, 0.1) is 5.92 Å². The van der Waals surface area contributed by atoms with Gasteiger partial charge in [-0.1, -0.05) is 27.2 Å². The van der Waals surface area contributed by atoms with Gasteiger partial charge < -0.3 is 10.2 Å². The quantitative estimate of drug-likeness (QED) is 0.728. The summed E-state index contributed by atoms with van der Waals surface area (Å²) in [5.74, 6) is 0.761. The Morgan fingerprint density at radius 2 is 1.80 bits per heavy atom. The molecule has 0 aliphatic carbocycles. The van der Waals surface area contributed by atoms with E-state index in [4.69, 9.17) is 0 Å². The SMILES string of the molecule is CC[C@H](NCCN1CCCCC1)C(C)C. The molecule has 90 valence electrons. The molecule has 1 rings (SSSR count). The molecule has 0 aromatic heterocycles. The van der Waals surface area contributed by atoms with Crippen LogP contribution in [0.2, 0.25) is 0 Å². The highest BCUT2D eigenvalue weighted by Gasteiger charge is 2.12. The van der Waals surface area contributed by atoms with Crippen LogP contribution in [-0.2, 0) is 0 Å². The van der Waals surface area contributed by atoms with E-state index in [1.165, 1.54) is 45.3 Å². The van der Waals surface area contributed by atoms with Crippen molar-refractivity contribution in [1.82, 2.24) is 10.2 Å². The van der Waals surface area contributed by atoms with Crippen LogP contribution in [0.4, 0.5) is 0 Å². The van der Waals surface area contributed by atoms with Crippen LogP contribution < -0.4 is 5.32 Å². The standard InChI is InChI=1S/C13H28N2/c1-4-13(12(2)3)14-8-11-15-9-6-5-7-10-15/h12-14H,4-11H2,1-3H3/t13-/m0/s1. The van der Waals surface area contributed by atoms with Crippen molar-refractivity contribution >= 4 is 0 Å². The lowest BCUT2D eigenvalue weighted by Gasteiger charge is -2.28. The summed E-state index contributed by atoms with van der Waals surface area (Å²) in [6.07, 6.45) is 5.49. The fraction of sp³-hybridized carbons (Fsp3) is 1.00. The predicted octanol–water partition coefficient (Wildman–Crippen LogP) is 2.50. The molecule has 15 heavy (non-hydrogen) atoms. The third-order valence-corrected chi connectivity index (χ3v) is 3.53. The molecule has 0 unspecified atom stereocenters. The van der Waals surface area contributed by atoms with Gasteiger partial charge in [0, 0.05) is 19.1 Å². The average Bonchev–Trinajstić information content (AvgIpc) is 2.25. The van der Waals surface area contributed by atoms with Gasteiger partial charge in [0.2, 0.25) is 0 Å². The van der Waals surface area contributed by atoms with Gasteiger partial charge in [-0.3, -0.25) is 0 Å². The summed E-state index contributed by atoms with van der Waals surface area (Å²) in [6, 6.07) is 0.704. The molecule has 0 radical (unpaired) electrons. The van der Waals surface area contributed by atoms with E-state index < -0.39 is 0 Å². The van der Waals surface area contributed by atoms with Crippen molar-refractivity contribution in [3.63, 3.8) is 0 Å². The number of hydrogen-bond acceptors (Lipinski definition) is 2. The molecular weight excluding hydrogens is 184 g/mol. The lowest BCUT2D eigenvalue weighted by atomic mass is 10.0. The molecule has 2 heteroatoms. The Bertz CT molecular complexity index is 151. The zero-order chi connectivity index (χ0) is 11.1. The molecule has 0 aromatic carbocycles. The van der Waals surface area contributed by atoms with E-state index in [1.807, 2.05) is 0 Å². The fourth-order valence-electron chi connectivity index (χ4n) is 2.44. The highest BCUT2D eigenvalue weighted by Crippen LogP contribution is 2.08. The Kier molecular flexibility index (Phi) is 6.26. The normalized spacial score (nSPS) is 20.8. The summed E-state index contributed by atoms with van der Waals surface area (Å²) in [5.41, 5.74) is 0. The fourth-order valence-corrected chi connectivity index (χ4v) is 2.44. The van der Waals surface area contributed by atoms with Crippen LogP contribution in [0.25, 0.3) is 0 Å². The van der Waals surface area contributed by atoms with Gasteiger partial charge in [-0.15, -0.1) is 0 Å².